The molecule has 3 heteroatoms. The van der Waals surface area contributed by atoms with Gasteiger partial charge in [-0.3, -0.25) is 0 Å². The molecular formula is C13H21N3. The average Bonchev–Trinajstić information content (AvgIpc) is 3.05. The molecule has 0 spiro atoms. The summed E-state index contributed by atoms with van der Waals surface area (Å²) in [6, 6.07) is 0. The van der Waals surface area contributed by atoms with E-state index in [4.69, 9.17) is 0 Å². The number of aromatic nitrogens is 2. The van der Waals surface area contributed by atoms with Crippen molar-refractivity contribution in [1.82, 2.24) is 14.9 Å². The Morgan fingerprint density at radius 2 is 2.06 bits per heavy atom. The molecule has 1 aliphatic carbocycles. The Labute approximate surface area is 97.3 Å². The van der Waals surface area contributed by atoms with Gasteiger partial charge in [-0.25, -0.2) is 4.98 Å². The Kier molecular flexibility index (Phi) is 2.96. The second-order valence-corrected chi connectivity index (χ2v) is 5.27. The van der Waals surface area contributed by atoms with Gasteiger partial charge in [0.1, 0.15) is 0 Å². The zero-order valence-electron chi connectivity index (χ0n) is 9.86. The Balaban J connectivity index is 1.65. The highest BCUT2D eigenvalue weighted by Gasteiger charge is 2.22. The van der Waals surface area contributed by atoms with Crippen LogP contribution in [-0.2, 0) is 6.54 Å². The highest BCUT2D eigenvalue weighted by Crippen LogP contribution is 2.33. The zero-order valence-corrected chi connectivity index (χ0v) is 9.86. The minimum Gasteiger partial charge on any atom is -0.334 e. The summed E-state index contributed by atoms with van der Waals surface area (Å²) in [5, 5.41) is 3.43. The maximum absolute atomic E-state index is 4.34. The van der Waals surface area contributed by atoms with Crippen LogP contribution in [0.5, 0.6) is 0 Å². The molecule has 0 amide bonds. The van der Waals surface area contributed by atoms with Gasteiger partial charge in [0.25, 0.3) is 0 Å². The molecule has 1 N–H and O–H groups in total. The molecule has 0 radical (unpaired) electrons. The first-order chi connectivity index (χ1) is 7.93. The monoisotopic (exact) mass is 219 g/mol. The molecule has 1 aromatic heterocycles. The van der Waals surface area contributed by atoms with Crippen molar-refractivity contribution in [2.45, 2.75) is 44.6 Å². The van der Waals surface area contributed by atoms with Crippen LogP contribution in [0.1, 0.15) is 43.7 Å². The Morgan fingerprint density at radius 3 is 2.81 bits per heavy atom. The highest BCUT2D eigenvalue weighted by atomic mass is 15.0. The summed E-state index contributed by atoms with van der Waals surface area (Å²) in [4.78, 5) is 4.34. The maximum Gasteiger partial charge on any atom is 0.0948 e. The van der Waals surface area contributed by atoms with Crippen molar-refractivity contribution in [3.8, 4) is 0 Å². The third-order valence-corrected chi connectivity index (χ3v) is 3.98. The molecule has 2 heterocycles. The molecule has 0 bridgehead atoms. The Bertz CT molecular complexity index is 335. The molecule has 3 nitrogen and oxygen atoms in total. The molecular weight excluding hydrogens is 198 g/mol. The smallest absolute Gasteiger partial charge is 0.0948 e. The molecule has 0 unspecified atom stereocenters. The van der Waals surface area contributed by atoms with Crippen molar-refractivity contribution in [3.05, 3.63) is 18.2 Å². The molecule has 3 rings (SSSR count). The lowest BCUT2D eigenvalue weighted by atomic mass is 9.95. The summed E-state index contributed by atoms with van der Waals surface area (Å²) in [5.74, 6) is 1.76. The van der Waals surface area contributed by atoms with Crippen LogP contribution in [0.3, 0.4) is 0 Å². The lowest BCUT2D eigenvalue weighted by molar-refractivity contribution is 0.434. The van der Waals surface area contributed by atoms with E-state index in [1.807, 2.05) is 6.33 Å². The van der Waals surface area contributed by atoms with E-state index in [0.29, 0.717) is 0 Å². The standard InChI is InChI=1S/C13H21N3/c1-2-11(1)5-8-16-10-15-9-13(16)12-3-6-14-7-4-12/h9-12,14H,1-8H2. The van der Waals surface area contributed by atoms with Gasteiger partial charge in [-0.1, -0.05) is 12.8 Å². The molecule has 1 aliphatic heterocycles. The van der Waals surface area contributed by atoms with E-state index < -0.39 is 0 Å². The van der Waals surface area contributed by atoms with Crippen LogP contribution >= 0.6 is 0 Å². The molecule has 0 atom stereocenters. The SMILES string of the molecule is c1ncn(CCC2CC2)c1C1CCNCC1. The zero-order chi connectivity index (χ0) is 10.8. The fourth-order valence-electron chi connectivity index (χ4n) is 2.70. The van der Waals surface area contributed by atoms with Crippen molar-refractivity contribution in [2.24, 2.45) is 5.92 Å². The van der Waals surface area contributed by atoms with Crippen molar-refractivity contribution in [1.29, 1.82) is 0 Å². The maximum atomic E-state index is 4.34. The minimum atomic E-state index is 0.739. The van der Waals surface area contributed by atoms with Gasteiger partial charge < -0.3 is 9.88 Å². The second kappa shape index (κ2) is 4.58. The van der Waals surface area contributed by atoms with Gasteiger partial charge in [0, 0.05) is 24.4 Å². The molecule has 0 aromatic carbocycles. The first kappa shape index (κ1) is 10.3. The summed E-state index contributed by atoms with van der Waals surface area (Å²) in [6.45, 7) is 3.51. The lowest BCUT2D eigenvalue weighted by Crippen LogP contribution is -2.27. The molecule has 1 saturated carbocycles. The van der Waals surface area contributed by atoms with Gasteiger partial charge in [0.05, 0.1) is 6.33 Å². The van der Waals surface area contributed by atoms with Crippen LogP contribution in [0.25, 0.3) is 0 Å². The number of rotatable bonds is 4. The summed E-state index contributed by atoms with van der Waals surface area (Å²) < 4.78 is 2.40. The van der Waals surface area contributed by atoms with E-state index in [-0.39, 0.29) is 0 Å². The summed E-state index contributed by atoms with van der Waals surface area (Å²) in [5.41, 5.74) is 1.47. The van der Waals surface area contributed by atoms with E-state index in [2.05, 4.69) is 21.1 Å². The number of nitrogens with one attached hydrogen (secondary N) is 1. The van der Waals surface area contributed by atoms with Gasteiger partial charge in [-0.2, -0.15) is 0 Å². The number of piperidine rings is 1. The first-order valence-electron chi connectivity index (χ1n) is 6.64. The molecule has 88 valence electrons. The third-order valence-electron chi connectivity index (χ3n) is 3.98. The number of aryl methyl sites for hydroxylation is 1. The predicted molar refractivity (Wildman–Crippen MR) is 64.4 cm³/mol. The van der Waals surface area contributed by atoms with Crippen molar-refractivity contribution >= 4 is 0 Å². The van der Waals surface area contributed by atoms with Gasteiger partial charge in [0.2, 0.25) is 0 Å². The van der Waals surface area contributed by atoms with Crippen molar-refractivity contribution < 1.29 is 0 Å². The third kappa shape index (κ3) is 2.29. The summed E-state index contributed by atoms with van der Waals surface area (Å²) >= 11 is 0. The average molecular weight is 219 g/mol. The van der Waals surface area contributed by atoms with E-state index in [1.165, 1.54) is 57.4 Å². The van der Waals surface area contributed by atoms with E-state index >= 15 is 0 Å². The topological polar surface area (TPSA) is 29.9 Å². The first-order valence-corrected chi connectivity index (χ1v) is 6.64. The summed E-state index contributed by atoms with van der Waals surface area (Å²) in [7, 11) is 0. The highest BCUT2D eigenvalue weighted by molar-refractivity contribution is 5.07. The van der Waals surface area contributed by atoms with Crippen LogP contribution < -0.4 is 5.32 Å². The molecule has 16 heavy (non-hydrogen) atoms. The predicted octanol–water partition coefficient (Wildman–Crippen LogP) is 2.15. The fraction of sp³-hybridized carbons (Fsp3) is 0.769. The Morgan fingerprint density at radius 1 is 1.25 bits per heavy atom. The van der Waals surface area contributed by atoms with E-state index in [9.17, 15) is 0 Å². The molecule has 1 saturated heterocycles. The van der Waals surface area contributed by atoms with Crippen LogP contribution in [0.2, 0.25) is 0 Å². The van der Waals surface area contributed by atoms with Crippen LogP contribution in [-0.4, -0.2) is 22.6 Å². The van der Waals surface area contributed by atoms with Crippen molar-refractivity contribution in [2.75, 3.05) is 13.1 Å². The molecule has 2 fully saturated rings. The van der Waals surface area contributed by atoms with Crippen molar-refractivity contribution in [3.63, 3.8) is 0 Å². The minimum absolute atomic E-state index is 0.739. The van der Waals surface area contributed by atoms with E-state index in [1.54, 1.807) is 0 Å². The van der Waals surface area contributed by atoms with Crippen LogP contribution in [0.4, 0.5) is 0 Å². The quantitative estimate of drug-likeness (QED) is 0.841. The lowest BCUT2D eigenvalue weighted by Gasteiger charge is -2.23. The molecule has 2 aliphatic rings. The van der Waals surface area contributed by atoms with E-state index in [0.717, 1.165) is 11.8 Å². The van der Waals surface area contributed by atoms with Gasteiger partial charge >= 0.3 is 0 Å². The Hall–Kier alpha value is -0.830. The van der Waals surface area contributed by atoms with Crippen LogP contribution in [0.15, 0.2) is 12.5 Å². The number of imidazole rings is 1. The second-order valence-electron chi connectivity index (χ2n) is 5.27. The number of hydrogen-bond donors (Lipinski definition) is 1. The van der Waals surface area contributed by atoms with Gasteiger partial charge in [-0.05, 0) is 38.3 Å². The van der Waals surface area contributed by atoms with Gasteiger partial charge in [-0.15, -0.1) is 0 Å². The summed E-state index contributed by atoms with van der Waals surface area (Å²) in [6.07, 6.45) is 10.9. The normalized spacial score (nSPS) is 22.5. The van der Waals surface area contributed by atoms with Crippen LogP contribution in [0, 0.1) is 5.92 Å². The number of nitrogens with zero attached hydrogens (tertiary/aromatic N) is 2. The molecule has 1 aromatic rings. The fourth-order valence-corrected chi connectivity index (χ4v) is 2.70. The number of hydrogen-bond acceptors (Lipinski definition) is 2. The largest absolute Gasteiger partial charge is 0.334 e. The van der Waals surface area contributed by atoms with Gasteiger partial charge in [0.15, 0.2) is 0 Å².